The van der Waals surface area contributed by atoms with E-state index in [4.69, 9.17) is 18.9 Å². The van der Waals surface area contributed by atoms with Gasteiger partial charge in [0.1, 0.15) is 36.2 Å². The van der Waals surface area contributed by atoms with E-state index in [0.717, 1.165) is 16.9 Å². The first-order valence-corrected chi connectivity index (χ1v) is 9.11. The van der Waals surface area contributed by atoms with Crippen molar-refractivity contribution in [3.05, 3.63) is 78.4 Å². The summed E-state index contributed by atoms with van der Waals surface area (Å²) in [7, 11) is 3.19. The molecule has 5 heteroatoms. The first-order chi connectivity index (χ1) is 14.0. The van der Waals surface area contributed by atoms with Gasteiger partial charge in [-0.05, 0) is 43.3 Å². The molecule has 0 atom stereocenters. The molecular weight excluding hydrogens is 368 g/mol. The van der Waals surface area contributed by atoms with Crippen LogP contribution in [0.25, 0.3) is 6.08 Å². The third kappa shape index (κ3) is 5.51. The fraction of sp³-hybridized carbons (Fsp3) is 0.208. The van der Waals surface area contributed by atoms with E-state index >= 15 is 0 Å². The van der Waals surface area contributed by atoms with Crippen molar-refractivity contribution in [2.24, 2.45) is 0 Å². The van der Waals surface area contributed by atoms with Crippen molar-refractivity contribution in [1.29, 1.82) is 0 Å². The standard InChI is InChI=1S/C24H26O5/c1-6-14-28-19-10-11-20(23(16-19)29-15-7-2)21(25)12-8-18-9-13-22(26-4)17(3)24(18)27-5/h6-13,16H,1-2,14-15H2,3-5H3/b12-8+. The maximum absolute atomic E-state index is 12.8. The summed E-state index contributed by atoms with van der Waals surface area (Å²) < 4.78 is 22.0. The van der Waals surface area contributed by atoms with Gasteiger partial charge in [-0.2, -0.15) is 0 Å². The van der Waals surface area contributed by atoms with Crippen LogP contribution >= 0.6 is 0 Å². The van der Waals surface area contributed by atoms with Gasteiger partial charge in [0.2, 0.25) is 0 Å². The molecule has 152 valence electrons. The van der Waals surface area contributed by atoms with Crippen LogP contribution in [0.1, 0.15) is 21.5 Å². The minimum atomic E-state index is -0.199. The Balaban J connectivity index is 2.33. The molecule has 2 aromatic carbocycles. The second-order valence-electron chi connectivity index (χ2n) is 6.07. The van der Waals surface area contributed by atoms with Gasteiger partial charge in [0.05, 0.1) is 19.8 Å². The Morgan fingerprint density at radius 1 is 0.966 bits per heavy atom. The predicted molar refractivity (Wildman–Crippen MR) is 115 cm³/mol. The first-order valence-electron chi connectivity index (χ1n) is 9.11. The summed E-state index contributed by atoms with van der Waals surface area (Å²) in [5.74, 6) is 2.20. The number of allylic oxidation sites excluding steroid dienone is 1. The second-order valence-corrected chi connectivity index (χ2v) is 6.07. The van der Waals surface area contributed by atoms with Gasteiger partial charge in [-0.15, -0.1) is 0 Å². The van der Waals surface area contributed by atoms with E-state index in [2.05, 4.69) is 13.2 Å². The summed E-state index contributed by atoms with van der Waals surface area (Å²) in [6.07, 6.45) is 6.47. The zero-order chi connectivity index (χ0) is 21.2. The van der Waals surface area contributed by atoms with E-state index in [1.54, 1.807) is 50.6 Å². The van der Waals surface area contributed by atoms with Crippen molar-refractivity contribution in [3.63, 3.8) is 0 Å². The lowest BCUT2D eigenvalue weighted by Gasteiger charge is -2.13. The lowest BCUT2D eigenvalue weighted by molar-refractivity contribution is 0.104. The quantitative estimate of drug-likeness (QED) is 0.304. The lowest BCUT2D eigenvalue weighted by Crippen LogP contribution is -2.03. The molecule has 0 saturated heterocycles. The molecule has 0 N–H and O–H groups in total. The van der Waals surface area contributed by atoms with Gasteiger partial charge >= 0.3 is 0 Å². The maximum atomic E-state index is 12.8. The molecule has 0 heterocycles. The zero-order valence-corrected chi connectivity index (χ0v) is 17.1. The molecule has 0 aliphatic heterocycles. The zero-order valence-electron chi connectivity index (χ0n) is 17.1. The number of carbonyl (C=O) groups is 1. The smallest absolute Gasteiger partial charge is 0.189 e. The molecule has 0 saturated carbocycles. The molecule has 2 aromatic rings. The van der Waals surface area contributed by atoms with Crippen molar-refractivity contribution >= 4 is 11.9 Å². The summed E-state index contributed by atoms with van der Waals surface area (Å²) in [6, 6.07) is 8.78. The van der Waals surface area contributed by atoms with Gasteiger partial charge in [-0.3, -0.25) is 4.79 Å². The van der Waals surface area contributed by atoms with Gasteiger partial charge in [-0.25, -0.2) is 0 Å². The Labute approximate surface area is 171 Å². The van der Waals surface area contributed by atoms with Crippen LogP contribution in [0.5, 0.6) is 23.0 Å². The molecule has 0 spiro atoms. The number of methoxy groups -OCH3 is 2. The third-order valence-electron chi connectivity index (χ3n) is 4.17. The van der Waals surface area contributed by atoms with Crippen LogP contribution in [0.2, 0.25) is 0 Å². The highest BCUT2D eigenvalue weighted by Crippen LogP contribution is 2.32. The van der Waals surface area contributed by atoms with E-state index in [9.17, 15) is 4.79 Å². The highest BCUT2D eigenvalue weighted by molar-refractivity contribution is 6.08. The SMILES string of the molecule is C=CCOc1ccc(C(=O)/C=C/c2ccc(OC)c(C)c2OC)c(OCC=C)c1. The Bertz CT molecular complexity index is 912. The van der Waals surface area contributed by atoms with Crippen molar-refractivity contribution in [3.8, 4) is 23.0 Å². The van der Waals surface area contributed by atoms with Crippen molar-refractivity contribution < 1.29 is 23.7 Å². The Kier molecular flexibility index (Phi) is 8.10. The molecule has 0 bridgehead atoms. The average molecular weight is 394 g/mol. The van der Waals surface area contributed by atoms with E-state index in [1.807, 2.05) is 19.1 Å². The van der Waals surface area contributed by atoms with Gasteiger partial charge in [0.15, 0.2) is 5.78 Å². The van der Waals surface area contributed by atoms with Crippen LogP contribution in [0.4, 0.5) is 0 Å². The minimum Gasteiger partial charge on any atom is -0.496 e. The molecule has 0 aliphatic rings. The predicted octanol–water partition coefficient (Wildman–Crippen LogP) is 5.04. The summed E-state index contributed by atoms with van der Waals surface area (Å²) in [5, 5.41) is 0. The highest BCUT2D eigenvalue weighted by atomic mass is 16.5. The number of hydrogen-bond acceptors (Lipinski definition) is 5. The molecule has 0 fully saturated rings. The number of rotatable bonds is 11. The fourth-order valence-electron chi connectivity index (χ4n) is 2.79. The van der Waals surface area contributed by atoms with Crippen LogP contribution in [-0.4, -0.2) is 33.2 Å². The van der Waals surface area contributed by atoms with E-state index in [0.29, 0.717) is 29.4 Å². The number of ketones is 1. The molecule has 0 aliphatic carbocycles. The maximum Gasteiger partial charge on any atom is 0.189 e. The van der Waals surface area contributed by atoms with Gasteiger partial charge in [-0.1, -0.05) is 25.3 Å². The Morgan fingerprint density at radius 2 is 1.69 bits per heavy atom. The monoisotopic (exact) mass is 394 g/mol. The number of hydrogen-bond donors (Lipinski definition) is 0. The Morgan fingerprint density at radius 3 is 2.34 bits per heavy atom. The van der Waals surface area contributed by atoms with Gasteiger partial charge in [0.25, 0.3) is 0 Å². The second kappa shape index (κ2) is 10.8. The van der Waals surface area contributed by atoms with Crippen LogP contribution in [0, 0.1) is 6.92 Å². The summed E-state index contributed by atoms with van der Waals surface area (Å²) in [6.45, 7) is 9.82. The molecule has 2 rings (SSSR count). The minimum absolute atomic E-state index is 0.199. The molecular formula is C24H26O5. The normalized spacial score (nSPS) is 10.4. The average Bonchev–Trinajstić information content (AvgIpc) is 2.74. The van der Waals surface area contributed by atoms with Gasteiger partial charge < -0.3 is 18.9 Å². The van der Waals surface area contributed by atoms with E-state index in [1.165, 1.54) is 6.08 Å². The van der Waals surface area contributed by atoms with E-state index in [-0.39, 0.29) is 12.4 Å². The van der Waals surface area contributed by atoms with Crippen molar-refractivity contribution in [2.75, 3.05) is 27.4 Å². The first kappa shape index (κ1) is 21.8. The third-order valence-corrected chi connectivity index (χ3v) is 4.17. The van der Waals surface area contributed by atoms with Crippen LogP contribution in [-0.2, 0) is 0 Å². The van der Waals surface area contributed by atoms with Crippen molar-refractivity contribution in [1.82, 2.24) is 0 Å². The number of carbonyl (C=O) groups excluding carboxylic acids is 1. The van der Waals surface area contributed by atoms with Crippen LogP contribution in [0.15, 0.2) is 61.7 Å². The number of ether oxygens (including phenoxy) is 4. The molecule has 29 heavy (non-hydrogen) atoms. The molecule has 0 aromatic heterocycles. The molecule has 5 nitrogen and oxygen atoms in total. The fourth-order valence-corrected chi connectivity index (χ4v) is 2.79. The van der Waals surface area contributed by atoms with Crippen molar-refractivity contribution in [2.45, 2.75) is 6.92 Å². The summed E-state index contributed by atoms with van der Waals surface area (Å²) in [5.41, 5.74) is 2.07. The topological polar surface area (TPSA) is 54.0 Å². The summed E-state index contributed by atoms with van der Waals surface area (Å²) >= 11 is 0. The van der Waals surface area contributed by atoms with E-state index < -0.39 is 0 Å². The summed E-state index contributed by atoms with van der Waals surface area (Å²) in [4.78, 5) is 12.8. The Hall–Kier alpha value is -3.47. The largest absolute Gasteiger partial charge is 0.496 e. The lowest BCUT2D eigenvalue weighted by atomic mass is 10.0. The highest BCUT2D eigenvalue weighted by Gasteiger charge is 2.13. The molecule has 0 amide bonds. The van der Waals surface area contributed by atoms with Crippen LogP contribution < -0.4 is 18.9 Å². The van der Waals surface area contributed by atoms with Gasteiger partial charge in [0, 0.05) is 17.2 Å². The number of benzene rings is 2. The molecule has 0 radical (unpaired) electrons. The van der Waals surface area contributed by atoms with Crippen LogP contribution in [0.3, 0.4) is 0 Å². The molecule has 0 unspecified atom stereocenters.